The lowest BCUT2D eigenvalue weighted by molar-refractivity contribution is 0.400. The average molecular weight is 273 g/mol. The summed E-state index contributed by atoms with van der Waals surface area (Å²) in [6.45, 7) is 3.60. The van der Waals surface area contributed by atoms with E-state index in [9.17, 15) is 0 Å². The molecule has 9 nitrogen and oxygen atoms in total. The SMILES string of the molecule is Cc1cc(Nc2cnnc(Nc3cc(C)on3)n2)no1. The van der Waals surface area contributed by atoms with Crippen LogP contribution in [0.1, 0.15) is 11.5 Å². The third kappa shape index (κ3) is 2.71. The standard InChI is InChI=1S/C11H11N7O2/c1-6-3-8(17-19-6)13-10-5-12-16-11(15-10)14-9-4-7(2)20-18-9/h3-5H,1-2H3,(H2,13,14,15,16,17,18). The summed E-state index contributed by atoms with van der Waals surface area (Å²) in [7, 11) is 0. The molecule has 0 saturated carbocycles. The van der Waals surface area contributed by atoms with Gasteiger partial charge in [-0.25, -0.2) is 0 Å². The molecule has 0 radical (unpaired) electrons. The van der Waals surface area contributed by atoms with Crippen LogP contribution in [-0.2, 0) is 0 Å². The summed E-state index contributed by atoms with van der Waals surface area (Å²) in [5.41, 5.74) is 0. The zero-order valence-corrected chi connectivity index (χ0v) is 10.8. The lowest BCUT2D eigenvalue weighted by atomic mass is 10.5. The van der Waals surface area contributed by atoms with Gasteiger partial charge in [0.2, 0.25) is 5.95 Å². The van der Waals surface area contributed by atoms with Crippen molar-refractivity contribution in [2.75, 3.05) is 10.6 Å². The largest absolute Gasteiger partial charge is 0.360 e. The fraction of sp³-hybridized carbons (Fsp3) is 0.182. The van der Waals surface area contributed by atoms with Crippen LogP contribution in [0, 0.1) is 13.8 Å². The monoisotopic (exact) mass is 273 g/mol. The molecule has 20 heavy (non-hydrogen) atoms. The lowest BCUT2D eigenvalue weighted by Crippen LogP contribution is -2.02. The summed E-state index contributed by atoms with van der Waals surface area (Å²) >= 11 is 0. The minimum atomic E-state index is 0.295. The molecule has 0 saturated heterocycles. The van der Waals surface area contributed by atoms with Crippen LogP contribution in [0.25, 0.3) is 0 Å². The minimum absolute atomic E-state index is 0.295. The molecule has 0 unspecified atom stereocenters. The highest BCUT2D eigenvalue weighted by molar-refractivity contribution is 5.53. The first-order chi connectivity index (χ1) is 9.69. The van der Waals surface area contributed by atoms with Crippen LogP contribution < -0.4 is 10.6 Å². The van der Waals surface area contributed by atoms with E-state index in [1.165, 1.54) is 6.20 Å². The number of nitrogens with zero attached hydrogens (tertiary/aromatic N) is 5. The second kappa shape index (κ2) is 4.96. The number of aromatic nitrogens is 5. The Morgan fingerprint density at radius 3 is 2.15 bits per heavy atom. The number of hydrogen-bond acceptors (Lipinski definition) is 9. The molecule has 3 aromatic heterocycles. The summed E-state index contributed by atoms with van der Waals surface area (Å²) in [6, 6.07) is 3.47. The predicted octanol–water partition coefficient (Wildman–Crippen LogP) is 1.95. The summed E-state index contributed by atoms with van der Waals surface area (Å²) < 4.78 is 9.89. The normalized spacial score (nSPS) is 10.5. The van der Waals surface area contributed by atoms with Gasteiger partial charge in [-0.15, -0.1) is 5.10 Å². The van der Waals surface area contributed by atoms with Gasteiger partial charge in [0, 0.05) is 12.1 Å². The van der Waals surface area contributed by atoms with Crippen LogP contribution in [0.3, 0.4) is 0 Å². The molecule has 102 valence electrons. The van der Waals surface area contributed by atoms with Crippen molar-refractivity contribution >= 4 is 23.4 Å². The maximum absolute atomic E-state index is 4.95. The molecule has 0 spiro atoms. The van der Waals surface area contributed by atoms with Crippen molar-refractivity contribution in [2.45, 2.75) is 13.8 Å². The quantitative estimate of drug-likeness (QED) is 0.735. The molecule has 0 aliphatic heterocycles. The first-order valence-corrected chi connectivity index (χ1v) is 5.79. The van der Waals surface area contributed by atoms with E-state index in [-0.39, 0.29) is 0 Å². The lowest BCUT2D eigenvalue weighted by Gasteiger charge is -2.02. The van der Waals surface area contributed by atoms with Gasteiger partial charge in [0.1, 0.15) is 11.5 Å². The Morgan fingerprint density at radius 1 is 0.900 bits per heavy atom. The van der Waals surface area contributed by atoms with E-state index in [1.54, 1.807) is 26.0 Å². The number of aryl methyl sites for hydroxylation is 2. The maximum Gasteiger partial charge on any atom is 0.250 e. The second-order valence-corrected chi connectivity index (χ2v) is 4.06. The van der Waals surface area contributed by atoms with Crippen molar-refractivity contribution in [3.05, 3.63) is 29.9 Å². The maximum atomic E-state index is 4.95. The van der Waals surface area contributed by atoms with E-state index in [4.69, 9.17) is 9.05 Å². The molecular formula is C11H11N7O2. The molecule has 0 bridgehead atoms. The van der Waals surface area contributed by atoms with Crippen LogP contribution in [0.5, 0.6) is 0 Å². The van der Waals surface area contributed by atoms with E-state index < -0.39 is 0 Å². The first-order valence-electron chi connectivity index (χ1n) is 5.79. The van der Waals surface area contributed by atoms with Gasteiger partial charge < -0.3 is 19.7 Å². The van der Waals surface area contributed by atoms with Gasteiger partial charge in [-0.1, -0.05) is 10.3 Å². The highest BCUT2D eigenvalue weighted by Crippen LogP contribution is 2.16. The zero-order chi connectivity index (χ0) is 13.9. The Labute approximate surface area is 113 Å². The fourth-order valence-electron chi connectivity index (χ4n) is 1.51. The van der Waals surface area contributed by atoms with Crippen LogP contribution in [0.15, 0.2) is 27.4 Å². The second-order valence-electron chi connectivity index (χ2n) is 4.06. The molecule has 0 aromatic carbocycles. The zero-order valence-electron chi connectivity index (χ0n) is 10.8. The Kier molecular flexibility index (Phi) is 2.99. The molecule has 3 heterocycles. The van der Waals surface area contributed by atoms with Crippen LogP contribution in [-0.4, -0.2) is 25.5 Å². The molecule has 0 atom stereocenters. The topological polar surface area (TPSA) is 115 Å². The average Bonchev–Trinajstić information content (AvgIpc) is 2.99. The Bertz CT molecular complexity index is 663. The fourth-order valence-corrected chi connectivity index (χ4v) is 1.51. The van der Waals surface area contributed by atoms with Gasteiger partial charge in [-0.3, -0.25) is 0 Å². The summed E-state index contributed by atoms with van der Waals surface area (Å²) in [5.74, 6) is 3.23. The van der Waals surface area contributed by atoms with Gasteiger partial charge in [0.15, 0.2) is 17.5 Å². The Morgan fingerprint density at radius 2 is 1.55 bits per heavy atom. The van der Waals surface area contributed by atoms with Crippen molar-refractivity contribution in [1.29, 1.82) is 0 Å². The van der Waals surface area contributed by atoms with Crippen molar-refractivity contribution < 1.29 is 9.05 Å². The molecule has 0 fully saturated rings. The highest BCUT2D eigenvalue weighted by Gasteiger charge is 2.06. The number of rotatable bonds is 4. The van der Waals surface area contributed by atoms with E-state index in [2.05, 4.69) is 36.1 Å². The van der Waals surface area contributed by atoms with Crippen LogP contribution in [0.4, 0.5) is 23.4 Å². The van der Waals surface area contributed by atoms with E-state index in [0.29, 0.717) is 34.9 Å². The van der Waals surface area contributed by atoms with Gasteiger partial charge in [-0.2, -0.15) is 10.1 Å². The predicted molar refractivity (Wildman–Crippen MR) is 68.9 cm³/mol. The van der Waals surface area contributed by atoms with E-state index in [0.717, 1.165) is 0 Å². The summed E-state index contributed by atoms with van der Waals surface area (Å²) in [6.07, 6.45) is 1.48. The third-order valence-electron chi connectivity index (χ3n) is 2.31. The van der Waals surface area contributed by atoms with Crippen molar-refractivity contribution in [3.63, 3.8) is 0 Å². The molecule has 0 amide bonds. The first kappa shape index (κ1) is 12.1. The smallest absolute Gasteiger partial charge is 0.250 e. The molecule has 3 aromatic rings. The summed E-state index contributed by atoms with van der Waals surface area (Å²) in [5, 5.41) is 21.1. The van der Waals surface area contributed by atoms with Gasteiger partial charge >= 0.3 is 0 Å². The minimum Gasteiger partial charge on any atom is -0.360 e. The highest BCUT2D eigenvalue weighted by atomic mass is 16.5. The molecule has 2 N–H and O–H groups in total. The molecule has 0 aliphatic carbocycles. The van der Waals surface area contributed by atoms with Crippen LogP contribution >= 0.6 is 0 Å². The number of nitrogens with one attached hydrogen (secondary N) is 2. The van der Waals surface area contributed by atoms with E-state index in [1.807, 2.05) is 0 Å². The number of anilines is 4. The van der Waals surface area contributed by atoms with Crippen LogP contribution in [0.2, 0.25) is 0 Å². The molecule has 9 heteroatoms. The third-order valence-corrected chi connectivity index (χ3v) is 2.31. The Hall–Kier alpha value is -2.97. The molecular weight excluding hydrogens is 262 g/mol. The van der Waals surface area contributed by atoms with Gasteiger partial charge in [-0.05, 0) is 13.8 Å². The Balaban J connectivity index is 1.75. The molecule has 0 aliphatic rings. The van der Waals surface area contributed by atoms with Gasteiger partial charge in [0.25, 0.3) is 0 Å². The van der Waals surface area contributed by atoms with E-state index >= 15 is 0 Å². The molecule has 3 rings (SSSR count). The summed E-state index contributed by atoms with van der Waals surface area (Å²) in [4.78, 5) is 4.22. The van der Waals surface area contributed by atoms with Crippen molar-refractivity contribution in [3.8, 4) is 0 Å². The number of hydrogen-bond donors (Lipinski definition) is 2. The van der Waals surface area contributed by atoms with Crippen molar-refractivity contribution in [1.82, 2.24) is 25.5 Å². The van der Waals surface area contributed by atoms with Crippen molar-refractivity contribution in [2.24, 2.45) is 0 Å². The van der Waals surface area contributed by atoms with Gasteiger partial charge in [0.05, 0.1) is 6.20 Å².